The van der Waals surface area contributed by atoms with E-state index >= 15 is 0 Å². The average Bonchev–Trinajstić information content (AvgIpc) is 2.29. The normalized spacial score (nSPS) is 14.4. The zero-order chi connectivity index (χ0) is 13.2. The summed E-state index contributed by atoms with van der Waals surface area (Å²) in [4.78, 5) is 9.24. The van der Waals surface area contributed by atoms with Crippen LogP contribution >= 0.6 is 12.6 Å². The molecule has 0 aliphatic rings. The van der Waals surface area contributed by atoms with E-state index in [1.807, 2.05) is 0 Å². The van der Waals surface area contributed by atoms with Gasteiger partial charge >= 0.3 is 5.69 Å². The molecule has 0 radical (unpaired) electrons. The van der Waals surface area contributed by atoms with E-state index in [0.717, 1.165) is 0 Å². The van der Waals surface area contributed by atoms with Crippen molar-refractivity contribution in [2.24, 2.45) is 0 Å². The number of aliphatic hydroxyl groups excluding tert-OH is 2. The Balaban J connectivity index is 3.20. The molecule has 2 atom stereocenters. The van der Waals surface area contributed by atoms with Crippen LogP contribution in [0.2, 0.25) is 0 Å². The van der Waals surface area contributed by atoms with Crippen LogP contribution in [0.3, 0.4) is 0 Å². The fourth-order valence-corrected chi connectivity index (χ4v) is 1.43. The molecule has 0 saturated heterocycles. The van der Waals surface area contributed by atoms with Crippen LogP contribution in [-0.2, 0) is 0 Å². The highest BCUT2D eigenvalue weighted by Crippen LogP contribution is 2.27. The summed E-state index contributed by atoms with van der Waals surface area (Å²) in [6.07, 6.45) is -3.09. The van der Waals surface area contributed by atoms with Crippen LogP contribution in [0.5, 0.6) is 0 Å². The molecule has 1 aromatic carbocycles. The van der Waals surface area contributed by atoms with E-state index in [-0.39, 0.29) is 5.75 Å². The molecule has 2 unspecified atom stereocenters. The van der Waals surface area contributed by atoms with Crippen LogP contribution < -0.4 is 0 Å². The summed E-state index contributed by atoms with van der Waals surface area (Å²) in [5.74, 6) is -2.61. The Kier molecular flexibility index (Phi) is 4.38. The van der Waals surface area contributed by atoms with Crippen molar-refractivity contribution in [3.05, 3.63) is 39.4 Å². The third kappa shape index (κ3) is 2.90. The van der Waals surface area contributed by atoms with Gasteiger partial charge in [-0.25, -0.2) is 4.39 Å². The molecule has 94 valence electrons. The summed E-state index contributed by atoms with van der Waals surface area (Å²) in [6.45, 7) is 0. The number of nitro benzene ring substituents is 1. The number of thiol groups is 1. The van der Waals surface area contributed by atoms with Crippen molar-refractivity contribution in [1.29, 1.82) is 0 Å². The first-order valence-electron chi connectivity index (χ1n) is 4.48. The molecule has 1 rings (SSSR count). The van der Waals surface area contributed by atoms with Crippen LogP contribution in [0.1, 0.15) is 11.7 Å². The van der Waals surface area contributed by atoms with Crippen LogP contribution in [-0.4, -0.2) is 27.0 Å². The van der Waals surface area contributed by atoms with Crippen molar-refractivity contribution < 1.29 is 23.9 Å². The van der Waals surface area contributed by atoms with Gasteiger partial charge < -0.3 is 10.2 Å². The number of nitrogens with zero attached hydrogens (tertiary/aromatic N) is 1. The number of rotatable bonds is 4. The topological polar surface area (TPSA) is 83.6 Å². The standard InChI is InChI=1S/C9H9F2NO4S/c10-5-2-7(12(15)16)6(11)1-4(5)9(14)8(13)3-17/h1-2,8-9,13-14,17H,3H2. The molecule has 0 amide bonds. The first-order valence-corrected chi connectivity index (χ1v) is 5.12. The van der Waals surface area contributed by atoms with Gasteiger partial charge in [0.15, 0.2) is 0 Å². The van der Waals surface area contributed by atoms with Crippen LogP contribution in [0, 0.1) is 21.7 Å². The quantitative estimate of drug-likeness (QED) is 0.434. The second kappa shape index (κ2) is 5.39. The molecular formula is C9H9F2NO4S. The van der Waals surface area contributed by atoms with E-state index in [0.29, 0.717) is 12.1 Å². The van der Waals surface area contributed by atoms with E-state index < -0.39 is 40.0 Å². The zero-order valence-corrected chi connectivity index (χ0v) is 9.27. The van der Waals surface area contributed by atoms with Crippen molar-refractivity contribution >= 4 is 18.3 Å². The molecule has 0 heterocycles. The van der Waals surface area contributed by atoms with Crippen molar-refractivity contribution in [1.82, 2.24) is 0 Å². The number of benzene rings is 1. The van der Waals surface area contributed by atoms with Crippen LogP contribution in [0.25, 0.3) is 0 Å². The summed E-state index contributed by atoms with van der Waals surface area (Å²) in [7, 11) is 0. The Labute approximate surface area is 100 Å². The summed E-state index contributed by atoms with van der Waals surface area (Å²) in [6, 6.07) is 0.851. The van der Waals surface area contributed by atoms with Gasteiger partial charge in [0.25, 0.3) is 0 Å². The molecule has 17 heavy (non-hydrogen) atoms. The molecule has 0 aliphatic heterocycles. The lowest BCUT2D eigenvalue weighted by molar-refractivity contribution is -0.387. The monoisotopic (exact) mass is 265 g/mol. The maximum absolute atomic E-state index is 13.4. The van der Waals surface area contributed by atoms with Gasteiger partial charge in [0, 0.05) is 11.3 Å². The molecule has 0 bridgehead atoms. The Hall–Kier alpha value is -1.25. The molecule has 1 aromatic rings. The highest BCUT2D eigenvalue weighted by atomic mass is 32.1. The van der Waals surface area contributed by atoms with Gasteiger partial charge in [0.2, 0.25) is 5.82 Å². The minimum atomic E-state index is -1.69. The first kappa shape index (κ1) is 13.8. The van der Waals surface area contributed by atoms with E-state index in [4.69, 9.17) is 0 Å². The molecule has 0 aliphatic carbocycles. The lowest BCUT2D eigenvalue weighted by Crippen LogP contribution is -2.21. The Bertz CT molecular complexity index is 443. The van der Waals surface area contributed by atoms with Crippen molar-refractivity contribution in [2.75, 3.05) is 5.75 Å². The predicted molar refractivity (Wildman–Crippen MR) is 57.8 cm³/mol. The summed E-state index contributed by atoms with van der Waals surface area (Å²) in [5, 5.41) is 29.0. The number of aliphatic hydroxyl groups is 2. The highest BCUT2D eigenvalue weighted by molar-refractivity contribution is 7.80. The van der Waals surface area contributed by atoms with Crippen LogP contribution in [0.15, 0.2) is 12.1 Å². The van der Waals surface area contributed by atoms with E-state index in [9.17, 15) is 29.1 Å². The minimum Gasteiger partial charge on any atom is -0.389 e. The Morgan fingerprint density at radius 1 is 1.35 bits per heavy atom. The number of hydrogen-bond acceptors (Lipinski definition) is 5. The lowest BCUT2D eigenvalue weighted by Gasteiger charge is -2.16. The van der Waals surface area contributed by atoms with Crippen molar-refractivity contribution in [2.45, 2.75) is 12.2 Å². The molecular weight excluding hydrogens is 256 g/mol. The van der Waals surface area contributed by atoms with Gasteiger partial charge in [-0.2, -0.15) is 17.0 Å². The molecule has 0 aromatic heterocycles. The smallest absolute Gasteiger partial charge is 0.307 e. The van der Waals surface area contributed by atoms with Gasteiger partial charge in [-0.3, -0.25) is 10.1 Å². The summed E-state index contributed by atoms with van der Waals surface area (Å²) < 4.78 is 26.6. The Morgan fingerprint density at radius 3 is 2.41 bits per heavy atom. The first-order chi connectivity index (χ1) is 7.88. The maximum Gasteiger partial charge on any atom is 0.307 e. The van der Waals surface area contributed by atoms with Crippen molar-refractivity contribution in [3.8, 4) is 0 Å². The SMILES string of the molecule is O=[N+]([O-])c1cc(F)c(C(O)C(O)CS)cc1F. The van der Waals surface area contributed by atoms with E-state index in [1.165, 1.54) is 0 Å². The fourth-order valence-electron chi connectivity index (χ4n) is 1.23. The van der Waals surface area contributed by atoms with Gasteiger partial charge in [-0.15, -0.1) is 0 Å². The Morgan fingerprint density at radius 2 is 1.94 bits per heavy atom. The highest BCUT2D eigenvalue weighted by Gasteiger charge is 2.25. The second-order valence-corrected chi connectivity index (χ2v) is 3.64. The van der Waals surface area contributed by atoms with Gasteiger partial charge in [0.05, 0.1) is 17.1 Å². The number of halogens is 2. The molecule has 8 heteroatoms. The third-order valence-electron chi connectivity index (χ3n) is 2.13. The second-order valence-electron chi connectivity index (χ2n) is 3.28. The molecule has 0 saturated carbocycles. The predicted octanol–water partition coefficient (Wildman–Crippen LogP) is 1.20. The van der Waals surface area contributed by atoms with Gasteiger partial charge in [-0.1, -0.05) is 0 Å². The largest absolute Gasteiger partial charge is 0.389 e. The fraction of sp³-hybridized carbons (Fsp3) is 0.333. The van der Waals surface area contributed by atoms with Gasteiger partial charge in [-0.05, 0) is 6.07 Å². The molecule has 0 fully saturated rings. The summed E-state index contributed by atoms with van der Waals surface area (Å²) in [5.41, 5.74) is -1.58. The number of nitro groups is 1. The average molecular weight is 265 g/mol. The maximum atomic E-state index is 13.4. The zero-order valence-electron chi connectivity index (χ0n) is 8.38. The molecule has 0 spiro atoms. The van der Waals surface area contributed by atoms with E-state index in [1.54, 1.807) is 0 Å². The molecule has 5 nitrogen and oxygen atoms in total. The third-order valence-corrected chi connectivity index (χ3v) is 2.51. The summed E-state index contributed by atoms with van der Waals surface area (Å²) >= 11 is 3.68. The molecule has 2 N–H and O–H groups in total. The van der Waals surface area contributed by atoms with Crippen molar-refractivity contribution in [3.63, 3.8) is 0 Å². The van der Waals surface area contributed by atoms with Gasteiger partial charge in [0.1, 0.15) is 11.9 Å². The minimum absolute atomic E-state index is 0.167. The number of hydrogen-bond donors (Lipinski definition) is 3. The van der Waals surface area contributed by atoms with Crippen LogP contribution in [0.4, 0.5) is 14.5 Å². The lowest BCUT2D eigenvalue weighted by atomic mass is 10.0. The van der Waals surface area contributed by atoms with E-state index in [2.05, 4.69) is 12.6 Å².